The maximum Gasteiger partial charge on any atom is 0.290 e. The number of rotatable bonds is 4. The molecule has 0 saturated carbocycles. The Kier molecular flexibility index (Phi) is 5.96. The molecule has 0 saturated heterocycles. The first-order valence-electron chi connectivity index (χ1n) is 9.53. The Morgan fingerprint density at radius 1 is 0.906 bits per heavy atom. The molecule has 160 valence electrons. The predicted molar refractivity (Wildman–Crippen MR) is 118 cm³/mol. The third-order valence-electron chi connectivity index (χ3n) is 4.72. The van der Waals surface area contributed by atoms with Gasteiger partial charge in [-0.3, -0.25) is 25.2 Å². The second kappa shape index (κ2) is 8.99. The summed E-state index contributed by atoms with van der Waals surface area (Å²) in [6, 6.07) is 19.1. The molecule has 2 amide bonds. The van der Waals surface area contributed by atoms with Crippen LogP contribution in [0.15, 0.2) is 77.6 Å². The summed E-state index contributed by atoms with van der Waals surface area (Å²) in [5.41, 5.74) is 4.94. The molecule has 2 N–H and O–H groups in total. The van der Waals surface area contributed by atoms with E-state index in [1.54, 1.807) is 24.3 Å². The predicted octanol–water partition coefficient (Wildman–Crippen LogP) is 3.31. The molecule has 0 spiro atoms. The largest absolute Gasteiger partial charge is 0.290 e. The molecule has 1 heterocycles. The molecule has 0 fully saturated rings. The minimum absolute atomic E-state index is 0.0137. The van der Waals surface area contributed by atoms with E-state index in [1.165, 1.54) is 10.7 Å². The second-order valence-electron chi connectivity index (χ2n) is 6.88. The molecular weight excluding hydrogens is 435 g/mol. The minimum Gasteiger partial charge on any atom is -0.267 e. The minimum atomic E-state index is -0.731. The summed E-state index contributed by atoms with van der Waals surface area (Å²) in [5.74, 6) is -2.05. The Hall–Kier alpha value is -4.04. The van der Waals surface area contributed by atoms with Gasteiger partial charge in [0, 0.05) is 5.39 Å². The zero-order valence-corrected chi connectivity index (χ0v) is 17.3. The van der Waals surface area contributed by atoms with E-state index in [4.69, 9.17) is 11.6 Å². The number of halogens is 2. The summed E-state index contributed by atoms with van der Waals surface area (Å²) < 4.78 is 14.4. The van der Waals surface area contributed by atoms with Crippen LogP contribution in [-0.2, 0) is 6.54 Å². The summed E-state index contributed by atoms with van der Waals surface area (Å²) >= 11 is 5.89. The highest BCUT2D eigenvalue weighted by Crippen LogP contribution is 2.17. The van der Waals surface area contributed by atoms with Gasteiger partial charge in [-0.25, -0.2) is 9.07 Å². The summed E-state index contributed by atoms with van der Waals surface area (Å²) in [6.45, 7) is 0.169. The van der Waals surface area contributed by atoms with Gasteiger partial charge >= 0.3 is 0 Å². The number of hydrogen-bond acceptors (Lipinski definition) is 4. The summed E-state index contributed by atoms with van der Waals surface area (Å²) in [6.07, 6.45) is 0. The van der Waals surface area contributed by atoms with E-state index in [1.807, 2.05) is 30.3 Å². The van der Waals surface area contributed by atoms with Gasteiger partial charge in [0.1, 0.15) is 5.82 Å². The first-order valence-corrected chi connectivity index (χ1v) is 9.91. The lowest BCUT2D eigenvalue weighted by atomic mass is 10.1. The Bertz CT molecular complexity index is 1390. The Labute approximate surface area is 186 Å². The summed E-state index contributed by atoms with van der Waals surface area (Å²) in [5, 5.41) is 4.80. The number of aromatic nitrogens is 2. The van der Waals surface area contributed by atoms with Gasteiger partial charge in [0.05, 0.1) is 22.5 Å². The van der Waals surface area contributed by atoms with Crippen LogP contribution in [0.2, 0.25) is 5.02 Å². The third kappa shape index (κ3) is 4.35. The van der Waals surface area contributed by atoms with E-state index in [0.29, 0.717) is 10.8 Å². The molecule has 9 heteroatoms. The van der Waals surface area contributed by atoms with Crippen molar-refractivity contribution >= 4 is 34.2 Å². The van der Waals surface area contributed by atoms with Gasteiger partial charge in [0.25, 0.3) is 17.4 Å². The van der Waals surface area contributed by atoms with Gasteiger partial charge in [-0.2, -0.15) is 5.10 Å². The Morgan fingerprint density at radius 3 is 2.28 bits per heavy atom. The monoisotopic (exact) mass is 450 g/mol. The first-order chi connectivity index (χ1) is 15.4. The van der Waals surface area contributed by atoms with E-state index in [9.17, 15) is 18.8 Å². The molecule has 1 aromatic heterocycles. The van der Waals surface area contributed by atoms with Crippen molar-refractivity contribution in [3.05, 3.63) is 111 Å². The van der Waals surface area contributed by atoms with E-state index in [0.717, 1.165) is 17.7 Å². The van der Waals surface area contributed by atoms with Gasteiger partial charge in [-0.05, 0) is 29.8 Å². The van der Waals surface area contributed by atoms with E-state index in [-0.39, 0.29) is 28.4 Å². The lowest BCUT2D eigenvalue weighted by Gasteiger charge is -2.12. The molecule has 0 unspecified atom stereocenters. The fourth-order valence-corrected chi connectivity index (χ4v) is 3.43. The lowest BCUT2D eigenvalue weighted by molar-refractivity contribution is 0.0843. The van der Waals surface area contributed by atoms with Crippen LogP contribution in [0.25, 0.3) is 10.8 Å². The first kappa shape index (κ1) is 21.2. The van der Waals surface area contributed by atoms with Gasteiger partial charge in [-0.15, -0.1) is 0 Å². The zero-order chi connectivity index (χ0) is 22.7. The van der Waals surface area contributed by atoms with Gasteiger partial charge in [-0.1, -0.05) is 60.1 Å². The number of benzene rings is 3. The number of hydrogen-bond donors (Lipinski definition) is 2. The van der Waals surface area contributed by atoms with Gasteiger partial charge in [0.2, 0.25) is 0 Å². The molecule has 0 aliphatic rings. The van der Waals surface area contributed by atoms with Crippen molar-refractivity contribution in [2.75, 3.05) is 0 Å². The number of hydrazine groups is 1. The fourth-order valence-electron chi connectivity index (χ4n) is 3.18. The fraction of sp³-hybridized carbons (Fsp3) is 0.0435. The highest BCUT2D eigenvalue weighted by atomic mass is 35.5. The smallest absolute Gasteiger partial charge is 0.267 e. The van der Waals surface area contributed by atoms with Crippen molar-refractivity contribution in [1.82, 2.24) is 20.6 Å². The van der Waals surface area contributed by atoms with E-state index < -0.39 is 17.6 Å². The number of nitrogens with zero attached hydrogens (tertiary/aromatic N) is 2. The van der Waals surface area contributed by atoms with Crippen molar-refractivity contribution < 1.29 is 14.0 Å². The van der Waals surface area contributed by atoms with Crippen LogP contribution in [0.1, 0.15) is 26.4 Å². The number of amides is 2. The summed E-state index contributed by atoms with van der Waals surface area (Å²) in [7, 11) is 0. The van der Waals surface area contributed by atoms with Crippen LogP contribution >= 0.6 is 11.6 Å². The van der Waals surface area contributed by atoms with Crippen molar-refractivity contribution in [2.45, 2.75) is 6.54 Å². The number of nitrogens with one attached hydrogen (secondary N) is 2. The normalized spacial score (nSPS) is 10.7. The summed E-state index contributed by atoms with van der Waals surface area (Å²) in [4.78, 5) is 38.1. The van der Waals surface area contributed by atoms with Crippen LogP contribution in [0.4, 0.5) is 4.39 Å². The average Bonchev–Trinajstić information content (AvgIpc) is 2.80. The molecule has 4 aromatic rings. The van der Waals surface area contributed by atoms with Crippen molar-refractivity contribution in [1.29, 1.82) is 0 Å². The van der Waals surface area contributed by atoms with Gasteiger partial charge < -0.3 is 0 Å². The highest BCUT2D eigenvalue weighted by molar-refractivity contribution is 6.33. The molecule has 0 aliphatic carbocycles. The lowest BCUT2D eigenvalue weighted by Crippen LogP contribution is -2.43. The Morgan fingerprint density at radius 2 is 1.56 bits per heavy atom. The second-order valence-corrected chi connectivity index (χ2v) is 7.28. The number of carbonyl (C=O) groups excluding carboxylic acids is 2. The third-order valence-corrected chi connectivity index (χ3v) is 5.04. The van der Waals surface area contributed by atoms with Crippen LogP contribution in [0, 0.1) is 5.82 Å². The molecule has 7 nitrogen and oxygen atoms in total. The maximum absolute atomic E-state index is 13.2. The highest BCUT2D eigenvalue weighted by Gasteiger charge is 2.18. The zero-order valence-electron chi connectivity index (χ0n) is 16.5. The van der Waals surface area contributed by atoms with E-state index >= 15 is 0 Å². The van der Waals surface area contributed by atoms with Crippen molar-refractivity contribution in [2.24, 2.45) is 0 Å². The molecule has 0 aliphatic heterocycles. The van der Waals surface area contributed by atoms with Crippen molar-refractivity contribution in [3.63, 3.8) is 0 Å². The average molecular weight is 451 g/mol. The van der Waals surface area contributed by atoms with Crippen LogP contribution < -0.4 is 16.4 Å². The SMILES string of the molecule is O=C(NNC(=O)c1nn(Cc2ccccc2)c(=O)c2ccccc12)c1ccc(F)cc1Cl. The number of carbonyl (C=O) groups is 2. The molecule has 3 aromatic carbocycles. The Balaban J connectivity index is 1.64. The molecule has 32 heavy (non-hydrogen) atoms. The van der Waals surface area contributed by atoms with Gasteiger partial charge in [0.15, 0.2) is 5.69 Å². The molecule has 0 atom stereocenters. The molecule has 0 bridgehead atoms. The number of fused-ring (bicyclic) bond motifs is 1. The van der Waals surface area contributed by atoms with Crippen LogP contribution in [-0.4, -0.2) is 21.6 Å². The maximum atomic E-state index is 13.2. The van der Waals surface area contributed by atoms with Crippen LogP contribution in [0.3, 0.4) is 0 Å². The topological polar surface area (TPSA) is 93.1 Å². The molecular formula is C23H16ClFN4O3. The van der Waals surface area contributed by atoms with Crippen LogP contribution in [0.5, 0.6) is 0 Å². The quantitative estimate of drug-likeness (QED) is 0.466. The standard InChI is InChI=1S/C23H16ClFN4O3/c24-19-12-15(25)10-11-18(19)21(30)26-27-22(31)20-16-8-4-5-9-17(16)23(32)29(28-20)13-14-6-2-1-3-7-14/h1-12H,13H2,(H,26,30)(H,27,31). The van der Waals surface area contributed by atoms with E-state index in [2.05, 4.69) is 16.0 Å². The molecule has 4 rings (SSSR count). The van der Waals surface area contributed by atoms with Crippen molar-refractivity contribution in [3.8, 4) is 0 Å². The molecule has 0 radical (unpaired) electrons.